The average molecular weight is 335 g/mol. The predicted octanol–water partition coefficient (Wildman–Crippen LogP) is 2.48. The maximum atomic E-state index is 12.4. The molecule has 1 fully saturated rings. The van der Waals surface area contributed by atoms with E-state index in [9.17, 15) is 14.7 Å². The van der Waals surface area contributed by atoms with Gasteiger partial charge in [0.15, 0.2) is 0 Å². The van der Waals surface area contributed by atoms with Crippen molar-refractivity contribution in [2.24, 2.45) is 5.92 Å². The summed E-state index contributed by atoms with van der Waals surface area (Å²) in [6, 6.07) is 6.63. The molecule has 132 valence electrons. The minimum atomic E-state index is -0.838. The van der Waals surface area contributed by atoms with Crippen LogP contribution in [0.1, 0.15) is 42.5 Å². The van der Waals surface area contributed by atoms with Crippen LogP contribution >= 0.6 is 0 Å². The highest BCUT2D eigenvalue weighted by molar-refractivity contribution is 5.95. The summed E-state index contributed by atoms with van der Waals surface area (Å²) < 4.78 is 10.6. The van der Waals surface area contributed by atoms with E-state index in [4.69, 9.17) is 9.47 Å². The number of carbonyl (C=O) groups is 2. The zero-order valence-electron chi connectivity index (χ0n) is 14.0. The molecule has 6 heteroatoms. The Labute approximate surface area is 142 Å². The lowest BCUT2D eigenvalue weighted by Crippen LogP contribution is -2.45. The largest absolute Gasteiger partial charge is 0.493 e. The first-order valence-corrected chi connectivity index (χ1v) is 8.37. The molecule has 1 aromatic rings. The van der Waals surface area contributed by atoms with Gasteiger partial charge in [0.25, 0.3) is 5.91 Å². The third-order valence-corrected chi connectivity index (χ3v) is 4.26. The molecule has 0 aromatic heterocycles. The van der Waals surface area contributed by atoms with E-state index in [1.165, 1.54) is 0 Å². The summed E-state index contributed by atoms with van der Waals surface area (Å²) >= 11 is 0. The maximum absolute atomic E-state index is 12.4. The van der Waals surface area contributed by atoms with Crippen LogP contribution in [0.5, 0.6) is 5.75 Å². The van der Waals surface area contributed by atoms with Crippen LogP contribution in [0.15, 0.2) is 24.3 Å². The van der Waals surface area contributed by atoms with E-state index in [1.807, 2.05) is 0 Å². The summed E-state index contributed by atoms with van der Waals surface area (Å²) in [5.41, 5.74) is 0.481. The van der Waals surface area contributed by atoms with Gasteiger partial charge in [-0.25, -0.2) is 0 Å². The molecule has 6 nitrogen and oxygen atoms in total. The SMILES string of the molecule is COCCCOc1cccc(C(=O)N[C@H]2CCCC[C@@H]2C(=O)O)c1. The molecule has 2 atom stereocenters. The van der Waals surface area contributed by atoms with Gasteiger partial charge in [-0.2, -0.15) is 0 Å². The molecule has 1 amide bonds. The predicted molar refractivity (Wildman–Crippen MR) is 89.3 cm³/mol. The van der Waals surface area contributed by atoms with Gasteiger partial charge in [0.2, 0.25) is 0 Å². The topological polar surface area (TPSA) is 84.9 Å². The number of ether oxygens (including phenoxy) is 2. The molecule has 24 heavy (non-hydrogen) atoms. The van der Waals surface area contributed by atoms with Crippen LogP contribution in [0.4, 0.5) is 0 Å². The minimum absolute atomic E-state index is 0.254. The number of benzene rings is 1. The van der Waals surface area contributed by atoms with Gasteiger partial charge in [-0.15, -0.1) is 0 Å². The fraction of sp³-hybridized carbons (Fsp3) is 0.556. The van der Waals surface area contributed by atoms with Crippen molar-refractivity contribution in [3.05, 3.63) is 29.8 Å². The molecular formula is C18H25NO5. The third-order valence-electron chi connectivity index (χ3n) is 4.26. The molecule has 1 aliphatic rings. The van der Waals surface area contributed by atoms with Gasteiger partial charge in [-0.3, -0.25) is 9.59 Å². The van der Waals surface area contributed by atoms with Crippen LogP contribution in [-0.2, 0) is 9.53 Å². The second-order valence-corrected chi connectivity index (χ2v) is 6.03. The van der Waals surface area contributed by atoms with Gasteiger partial charge < -0.3 is 19.9 Å². The number of hydrogen-bond donors (Lipinski definition) is 2. The quantitative estimate of drug-likeness (QED) is 0.713. The van der Waals surface area contributed by atoms with E-state index in [0.29, 0.717) is 37.4 Å². The van der Waals surface area contributed by atoms with Gasteiger partial charge in [-0.1, -0.05) is 18.9 Å². The van der Waals surface area contributed by atoms with Crippen molar-refractivity contribution in [2.75, 3.05) is 20.3 Å². The lowest BCUT2D eigenvalue weighted by Gasteiger charge is -2.29. The molecule has 0 saturated heterocycles. The smallest absolute Gasteiger partial charge is 0.308 e. The Hall–Kier alpha value is -2.08. The van der Waals surface area contributed by atoms with E-state index in [2.05, 4.69) is 5.32 Å². The van der Waals surface area contributed by atoms with E-state index >= 15 is 0 Å². The van der Waals surface area contributed by atoms with Crippen LogP contribution in [0.2, 0.25) is 0 Å². The van der Waals surface area contributed by atoms with Crippen LogP contribution in [0.25, 0.3) is 0 Å². The van der Waals surface area contributed by atoms with Gasteiger partial charge in [0.05, 0.1) is 12.5 Å². The summed E-state index contributed by atoms with van der Waals surface area (Å²) in [4.78, 5) is 23.8. The molecule has 1 saturated carbocycles. The highest BCUT2D eigenvalue weighted by Crippen LogP contribution is 2.25. The standard InChI is InChI=1S/C18H25NO5/c1-23-10-5-11-24-14-7-4-6-13(12-14)17(20)19-16-9-3-2-8-15(16)18(21)22/h4,6-7,12,15-16H,2-3,5,8-11H2,1H3,(H,19,20)(H,21,22)/t15-,16-/m0/s1. The molecule has 0 bridgehead atoms. The second kappa shape index (κ2) is 9.27. The Bertz CT molecular complexity index is 560. The van der Waals surface area contributed by atoms with Crippen LogP contribution in [0, 0.1) is 5.92 Å². The van der Waals surface area contributed by atoms with Crippen molar-refractivity contribution in [1.29, 1.82) is 0 Å². The zero-order valence-corrected chi connectivity index (χ0v) is 14.0. The van der Waals surface area contributed by atoms with Crippen LogP contribution in [-0.4, -0.2) is 43.3 Å². The summed E-state index contributed by atoms with van der Waals surface area (Å²) in [7, 11) is 1.64. The number of amides is 1. The first-order chi connectivity index (χ1) is 11.6. The second-order valence-electron chi connectivity index (χ2n) is 6.03. The lowest BCUT2D eigenvalue weighted by atomic mass is 9.84. The summed E-state index contributed by atoms with van der Waals surface area (Å²) in [5.74, 6) is -0.973. The highest BCUT2D eigenvalue weighted by Gasteiger charge is 2.31. The van der Waals surface area contributed by atoms with E-state index in [-0.39, 0.29) is 11.9 Å². The molecule has 0 spiro atoms. The van der Waals surface area contributed by atoms with Gasteiger partial charge in [-0.05, 0) is 31.0 Å². The molecule has 1 aromatic carbocycles. The van der Waals surface area contributed by atoms with Crippen LogP contribution in [0.3, 0.4) is 0 Å². The van der Waals surface area contributed by atoms with Crippen molar-refractivity contribution in [2.45, 2.75) is 38.1 Å². The maximum Gasteiger partial charge on any atom is 0.308 e. The first-order valence-electron chi connectivity index (χ1n) is 8.37. The summed E-state index contributed by atoms with van der Waals surface area (Å²) in [6.45, 7) is 1.14. The van der Waals surface area contributed by atoms with Crippen molar-refractivity contribution in [3.8, 4) is 5.75 Å². The summed E-state index contributed by atoms with van der Waals surface area (Å²) in [6.07, 6.45) is 3.93. The molecule has 2 rings (SSSR count). The number of carboxylic acid groups (broad SMARTS) is 1. The molecule has 1 aliphatic carbocycles. The van der Waals surface area contributed by atoms with E-state index in [1.54, 1.807) is 31.4 Å². The number of nitrogens with one attached hydrogen (secondary N) is 1. The Morgan fingerprint density at radius 2 is 2.04 bits per heavy atom. The Morgan fingerprint density at radius 3 is 2.79 bits per heavy atom. The van der Waals surface area contributed by atoms with E-state index in [0.717, 1.165) is 19.3 Å². The fourth-order valence-corrected chi connectivity index (χ4v) is 2.97. The van der Waals surface area contributed by atoms with E-state index < -0.39 is 11.9 Å². The molecule has 0 radical (unpaired) electrons. The van der Waals surface area contributed by atoms with Gasteiger partial charge in [0, 0.05) is 31.7 Å². The van der Waals surface area contributed by atoms with Crippen molar-refractivity contribution >= 4 is 11.9 Å². The molecule has 0 heterocycles. The number of methoxy groups -OCH3 is 1. The number of carboxylic acids is 1. The highest BCUT2D eigenvalue weighted by atomic mass is 16.5. The summed E-state index contributed by atoms with van der Waals surface area (Å²) in [5, 5.41) is 12.2. The number of hydrogen-bond acceptors (Lipinski definition) is 4. The van der Waals surface area contributed by atoms with Gasteiger partial charge >= 0.3 is 5.97 Å². The number of carbonyl (C=O) groups excluding carboxylic acids is 1. The first kappa shape index (κ1) is 18.3. The van der Waals surface area contributed by atoms with Crippen molar-refractivity contribution < 1.29 is 24.2 Å². The Morgan fingerprint density at radius 1 is 1.25 bits per heavy atom. The Kier molecular flexibility index (Phi) is 7.06. The van der Waals surface area contributed by atoms with Gasteiger partial charge in [0.1, 0.15) is 5.75 Å². The molecule has 0 aliphatic heterocycles. The molecule has 2 N–H and O–H groups in total. The lowest BCUT2D eigenvalue weighted by molar-refractivity contribution is -0.143. The normalized spacial score (nSPS) is 20.4. The molecular weight excluding hydrogens is 310 g/mol. The number of rotatable bonds is 8. The average Bonchev–Trinajstić information content (AvgIpc) is 2.59. The number of aliphatic carboxylic acids is 1. The van der Waals surface area contributed by atoms with Crippen LogP contribution < -0.4 is 10.1 Å². The third kappa shape index (κ3) is 5.23. The molecule has 0 unspecified atom stereocenters. The monoisotopic (exact) mass is 335 g/mol. The van der Waals surface area contributed by atoms with Crippen molar-refractivity contribution in [3.63, 3.8) is 0 Å². The Balaban J connectivity index is 1.95. The minimum Gasteiger partial charge on any atom is -0.493 e. The zero-order chi connectivity index (χ0) is 17.4. The van der Waals surface area contributed by atoms with Crippen molar-refractivity contribution in [1.82, 2.24) is 5.32 Å². The fourth-order valence-electron chi connectivity index (χ4n) is 2.97.